The van der Waals surface area contributed by atoms with Crippen LogP contribution in [0.25, 0.3) is 0 Å². The van der Waals surface area contributed by atoms with Gasteiger partial charge in [-0.1, -0.05) is 18.2 Å². The lowest BCUT2D eigenvalue weighted by atomic mass is 10.2. The van der Waals surface area contributed by atoms with Crippen LogP contribution in [0.5, 0.6) is 11.5 Å². The minimum atomic E-state index is -0.416. The lowest BCUT2D eigenvalue weighted by Gasteiger charge is -2.08. The molecule has 0 saturated carbocycles. The van der Waals surface area contributed by atoms with Crippen LogP contribution >= 0.6 is 12.2 Å². The van der Waals surface area contributed by atoms with E-state index in [0.717, 1.165) is 0 Å². The molecule has 0 aliphatic heterocycles. The molecule has 0 aromatic heterocycles. The molecular formula is C15H14FN3O2S. The number of thiocarbonyl (C=S) groups is 1. The first-order valence-corrected chi connectivity index (χ1v) is 6.73. The first kappa shape index (κ1) is 15.7. The van der Waals surface area contributed by atoms with Crippen molar-refractivity contribution in [2.24, 2.45) is 5.10 Å². The van der Waals surface area contributed by atoms with Crippen molar-refractivity contribution in [2.45, 2.75) is 0 Å². The Morgan fingerprint density at radius 1 is 1.27 bits per heavy atom. The standard InChI is InChI=1S/C15H14FN3O2S/c1-21-13-8-4-5-10(14(13)20)9-17-19-15(22)18-12-7-3-2-6-11(12)16/h2-9,20H,1H3,(H2,18,19,22)/b17-9+. The fourth-order valence-corrected chi connectivity index (χ4v) is 1.84. The van der Waals surface area contributed by atoms with E-state index in [2.05, 4.69) is 15.8 Å². The molecule has 7 heteroatoms. The number of halogens is 1. The SMILES string of the molecule is COc1cccc(/C=N/NC(=S)Nc2ccccc2F)c1O. The number of benzene rings is 2. The number of nitrogens with zero attached hydrogens (tertiary/aromatic N) is 1. The molecule has 0 saturated heterocycles. The Hall–Kier alpha value is -2.67. The first-order valence-electron chi connectivity index (χ1n) is 6.32. The van der Waals surface area contributed by atoms with Gasteiger partial charge in [0.15, 0.2) is 16.6 Å². The molecule has 0 spiro atoms. The normalized spacial score (nSPS) is 10.5. The maximum Gasteiger partial charge on any atom is 0.191 e. The molecule has 5 nitrogen and oxygen atoms in total. The fourth-order valence-electron chi connectivity index (χ4n) is 1.68. The van der Waals surface area contributed by atoms with E-state index in [0.29, 0.717) is 11.3 Å². The quantitative estimate of drug-likeness (QED) is 0.459. The van der Waals surface area contributed by atoms with E-state index in [1.54, 1.807) is 36.4 Å². The number of hydrogen-bond acceptors (Lipinski definition) is 4. The molecule has 0 bridgehead atoms. The third-order valence-corrected chi connectivity index (χ3v) is 2.94. The summed E-state index contributed by atoms with van der Waals surface area (Å²) in [5.74, 6) is -0.0967. The highest BCUT2D eigenvalue weighted by atomic mass is 32.1. The van der Waals surface area contributed by atoms with Crippen LogP contribution in [-0.2, 0) is 0 Å². The second-order valence-electron chi connectivity index (χ2n) is 4.20. The number of aromatic hydroxyl groups is 1. The van der Waals surface area contributed by atoms with Gasteiger partial charge in [0, 0.05) is 5.56 Å². The van der Waals surface area contributed by atoms with Crippen LogP contribution in [0.15, 0.2) is 47.6 Å². The van der Waals surface area contributed by atoms with E-state index in [1.807, 2.05) is 0 Å². The first-order chi connectivity index (χ1) is 10.6. The lowest BCUT2D eigenvalue weighted by molar-refractivity contribution is 0.373. The minimum absolute atomic E-state index is 0.0245. The largest absolute Gasteiger partial charge is 0.504 e. The van der Waals surface area contributed by atoms with Gasteiger partial charge in [-0.15, -0.1) is 0 Å². The smallest absolute Gasteiger partial charge is 0.191 e. The van der Waals surface area contributed by atoms with Crippen LogP contribution < -0.4 is 15.5 Å². The fraction of sp³-hybridized carbons (Fsp3) is 0.0667. The molecule has 22 heavy (non-hydrogen) atoms. The maximum atomic E-state index is 13.4. The molecule has 0 aliphatic carbocycles. The summed E-state index contributed by atoms with van der Waals surface area (Å²) in [6, 6.07) is 11.2. The van der Waals surface area contributed by atoms with Crippen molar-refractivity contribution in [1.29, 1.82) is 0 Å². The van der Waals surface area contributed by atoms with Gasteiger partial charge >= 0.3 is 0 Å². The summed E-state index contributed by atoms with van der Waals surface area (Å²) in [5, 5.41) is 16.6. The van der Waals surface area contributed by atoms with Gasteiger partial charge in [0.25, 0.3) is 0 Å². The summed E-state index contributed by atoms with van der Waals surface area (Å²) in [5.41, 5.74) is 3.25. The summed E-state index contributed by atoms with van der Waals surface area (Å²) in [6.07, 6.45) is 1.38. The topological polar surface area (TPSA) is 65.9 Å². The molecule has 2 aromatic carbocycles. The second-order valence-corrected chi connectivity index (χ2v) is 4.61. The molecular weight excluding hydrogens is 305 g/mol. The third kappa shape index (κ3) is 3.92. The Labute approximate surface area is 132 Å². The van der Waals surface area contributed by atoms with Crippen molar-refractivity contribution in [3.8, 4) is 11.5 Å². The van der Waals surface area contributed by atoms with Crippen LogP contribution in [0.3, 0.4) is 0 Å². The Morgan fingerprint density at radius 2 is 2.05 bits per heavy atom. The molecule has 2 aromatic rings. The van der Waals surface area contributed by atoms with E-state index < -0.39 is 5.82 Å². The Balaban J connectivity index is 1.98. The summed E-state index contributed by atoms with van der Waals surface area (Å²) < 4.78 is 18.4. The second kappa shape index (κ2) is 7.37. The number of hydrazone groups is 1. The van der Waals surface area contributed by atoms with Crippen molar-refractivity contribution < 1.29 is 14.2 Å². The van der Waals surface area contributed by atoms with Gasteiger partial charge in [0.1, 0.15) is 5.82 Å². The van der Waals surface area contributed by atoms with E-state index in [-0.39, 0.29) is 16.5 Å². The highest BCUT2D eigenvalue weighted by Crippen LogP contribution is 2.27. The van der Waals surface area contributed by atoms with Crippen molar-refractivity contribution in [2.75, 3.05) is 12.4 Å². The van der Waals surface area contributed by atoms with Crippen LogP contribution in [0, 0.1) is 5.82 Å². The van der Waals surface area contributed by atoms with Gasteiger partial charge in [-0.2, -0.15) is 5.10 Å². The van der Waals surface area contributed by atoms with Crippen molar-refractivity contribution in [3.05, 3.63) is 53.8 Å². The van der Waals surface area contributed by atoms with Crippen LogP contribution in [0.1, 0.15) is 5.56 Å². The molecule has 0 fully saturated rings. The van der Waals surface area contributed by atoms with Gasteiger partial charge in [-0.3, -0.25) is 5.43 Å². The monoisotopic (exact) mass is 319 g/mol. The number of rotatable bonds is 4. The zero-order valence-electron chi connectivity index (χ0n) is 11.7. The molecule has 0 radical (unpaired) electrons. The number of methoxy groups -OCH3 is 1. The summed E-state index contributed by atoms with van der Waals surface area (Å²) in [7, 11) is 1.46. The number of hydrogen-bond donors (Lipinski definition) is 3. The highest BCUT2D eigenvalue weighted by molar-refractivity contribution is 7.80. The third-order valence-electron chi connectivity index (χ3n) is 2.74. The summed E-state index contributed by atoms with van der Waals surface area (Å²) >= 11 is 5.00. The predicted molar refractivity (Wildman–Crippen MR) is 88.0 cm³/mol. The molecule has 3 N–H and O–H groups in total. The van der Waals surface area contributed by atoms with Gasteiger partial charge < -0.3 is 15.2 Å². The molecule has 2 rings (SSSR count). The zero-order valence-corrected chi connectivity index (χ0v) is 12.5. The molecule has 114 valence electrons. The average molecular weight is 319 g/mol. The number of phenols is 1. The molecule has 0 unspecified atom stereocenters. The van der Waals surface area contributed by atoms with Gasteiger partial charge in [-0.05, 0) is 36.5 Å². The Bertz CT molecular complexity index is 707. The number of nitrogens with one attached hydrogen (secondary N) is 2. The highest BCUT2D eigenvalue weighted by Gasteiger charge is 2.05. The maximum absolute atomic E-state index is 13.4. The van der Waals surface area contributed by atoms with E-state index >= 15 is 0 Å². The Kier molecular flexibility index (Phi) is 5.26. The minimum Gasteiger partial charge on any atom is -0.504 e. The van der Waals surface area contributed by atoms with E-state index in [9.17, 15) is 9.50 Å². The van der Waals surface area contributed by atoms with Crippen LogP contribution in [-0.4, -0.2) is 23.5 Å². The van der Waals surface area contributed by atoms with Gasteiger partial charge in [0.05, 0.1) is 19.0 Å². The van der Waals surface area contributed by atoms with E-state index in [1.165, 1.54) is 19.4 Å². The number of ether oxygens (including phenoxy) is 1. The van der Waals surface area contributed by atoms with Gasteiger partial charge in [-0.25, -0.2) is 4.39 Å². The van der Waals surface area contributed by atoms with Crippen molar-refractivity contribution in [1.82, 2.24) is 5.43 Å². The van der Waals surface area contributed by atoms with E-state index in [4.69, 9.17) is 17.0 Å². The summed E-state index contributed by atoms with van der Waals surface area (Å²) in [6.45, 7) is 0. The van der Waals surface area contributed by atoms with Gasteiger partial charge in [0.2, 0.25) is 0 Å². The number of anilines is 1. The van der Waals surface area contributed by atoms with Crippen LogP contribution in [0.4, 0.5) is 10.1 Å². The summed E-state index contributed by atoms with van der Waals surface area (Å²) in [4.78, 5) is 0. The molecule has 0 atom stereocenters. The zero-order chi connectivity index (χ0) is 15.9. The Morgan fingerprint density at radius 3 is 2.77 bits per heavy atom. The average Bonchev–Trinajstić information content (AvgIpc) is 2.51. The molecule has 0 heterocycles. The molecule has 0 aliphatic rings. The number of phenolic OH excluding ortho intramolecular Hbond substituents is 1. The van der Waals surface area contributed by atoms with Crippen LogP contribution in [0.2, 0.25) is 0 Å². The van der Waals surface area contributed by atoms with Crippen molar-refractivity contribution in [3.63, 3.8) is 0 Å². The predicted octanol–water partition coefficient (Wildman–Crippen LogP) is 2.86. The van der Waals surface area contributed by atoms with Crippen molar-refractivity contribution >= 4 is 29.2 Å². The number of para-hydroxylation sites is 2. The molecule has 0 amide bonds. The lowest BCUT2D eigenvalue weighted by Crippen LogP contribution is -2.24.